The maximum Gasteiger partial charge on any atom is 0.125 e. The Hall–Kier alpha value is -1.84. The Morgan fingerprint density at radius 2 is 2.07 bits per heavy atom. The van der Waals surface area contributed by atoms with Gasteiger partial charge in [-0.1, -0.05) is 0 Å². The fourth-order valence-electron chi connectivity index (χ4n) is 1.46. The molecule has 1 N–H and O–H groups in total. The fraction of sp³-hybridized carbons (Fsp3) is 0.182. The van der Waals surface area contributed by atoms with Crippen molar-refractivity contribution in [3.8, 4) is 0 Å². The normalized spacial score (nSPS) is 10.3. The molecule has 0 saturated carbocycles. The van der Waals surface area contributed by atoms with Gasteiger partial charge < -0.3 is 5.32 Å². The van der Waals surface area contributed by atoms with Crippen LogP contribution in [0.25, 0.3) is 0 Å². The van der Waals surface area contributed by atoms with Crippen LogP contribution in [0, 0.1) is 12.7 Å². The number of nitrogens with zero attached hydrogens (tertiary/aromatic N) is 2. The van der Waals surface area contributed by atoms with Crippen molar-refractivity contribution in [2.24, 2.45) is 7.05 Å². The Morgan fingerprint density at radius 3 is 2.67 bits per heavy atom. The van der Waals surface area contributed by atoms with Crippen LogP contribution >= 0.6 is 0 Å². The molecule has 3 nitrogen and oxygen atoms in total. The van der Waals surface area contributed by atoms with Gasteiger partial charge in [-0.3, -0.25) is 4.68 Å². The number of benzene rings is 1. The van der Waals surface area contributed by atoms with Gasteiger partial charge in [0.15, 0.2) is 0 Å². The van der Waals surface area contributed by atoms with E-state index in [2.05, 4.69) is 10.4 Å². The second kappa shape index (κ2) is 3.73. The smallest absolute Gasteiger partial charge is 0.125 e. The zero-order chi connectivity index (χ0) is 10.8. The zero-order valence-electron chi connectivity index (χ0n) is 8.66. The van der Waals surface area contributed by atoms with Gasteiger partial charge in [0.1, 0.15) is 5.82 Å². The van der Waals surface area contributed by atoms with Crippen LogP contribution in [-0.4, -0.2) is 9.78 Å². The Bertz CT molecular complexity index is 456. The molecule has 1 aromatic heterocycles. The molecule has 0 radical (unpaired) electrons. The van der Waals surface area contributed by atoms with Crippen molar-refractivity contribution in [2.75, 3.05) is 5.32 Å². The van der Waals surface area contributed by atoms with Gasteiger partial charge in [0.25, 0.3) is 0 Å². The lowest BCUT2D eigenvalue weighted by molar-refractivity contribution is 0.627. The summed E-state index contributed by atoms with van der Waals surface area (Å²) in [5.41, 5.74) is 2.48. The van der Waals surface area contributed by atoms with Crippen molar-refractivity contribution in [2.45, 2.75) is 6.92 Å². The third-order valence-electron chi connectivity index (χ3n) is 2.04. The van der Waals surface area contributed by atoms with Crippen LogP contribution < -0.4 is 5.32 Å². The predicted molar refractivity (Wildman–Crippen MR) is 57.6 cm³/mol. The van der Waals surface area contributed by atoms with Crippen LogP contribution in [0.15, 0.2) is 30.6 Å². The minimum absolute atomic E-state index is 0.235. The molecule has 1 heterocycles. The summed E-state index contributed by atoms with van der Waals surface area (Å²) in [6.45, 7) is 1.86. The van der Waals surface area contributed by atoms with Crippen LogP contribution in [0.4, 0.5) is 15.8 Å². The molecule has 0 bridgehead atoms. The lowest BCUT2D eigenvalue weighted by atomic mass is 10.2. The summed E-state index contributed by atoms with van der Waals surface area (Å²) < 4.78 is 14.8. The highest BCUT2D eigenvalue weighted by atomic mass is 19.1. The average Bonchev–Trinajstić information content (AvgIpc) is 2.49. The lowest BCUT2D eigenvalue weighted by Gasteiger charge is -2.04. The van der Waals surface area contributed by atoms with E-state index in [0.717, 1.165) is 16.9 Å². The summed E-state index contributed by atoms with van der Waals surface area (Å²) in [6, 6.07) is 4.84. The summed E-state index contributed by atoms with van der Waals surface area (Å²) in [5.74, 6) is -0.235. The van der Waals surface area contributed by atoms with E-state index in [-0.39, 0.29) is 5.82 Å². The fourth-order valence-corrected chi connectivity index (χ4v) is 1.46. The highest BCUT2D eigenvalue weighted by molar-refractivity contribution is 5.58. The molecule has 0 saturated heterocycles. The minimum Gasteiger partial charge on any atom is -0.353 e. The van der Waals surface area contributed by atoms with E-state index < -0.39 is 0 Å². The highest BCUT2D eigenvalue weighted by Gasteiger charge is 2.00. The summed E-state index contributed by atoms with van der Waals surface area (Å²) in [5, 5.41) is 7.10. The van der Waals surface area contributed by atoms with E-state index in [1.54, 1.807) is 10.9 Å². The molecule has 0 aliphatic heterocycles. The molecular weight excluding hydrogens is 193 g/mol. The Balaban J connectivity index is 2.24. The van der Waals surface area contributed by atoms with Gasteiger partial charge in [0, 0.05) is 18.9 Å². The van der Waals surface area contributed by atoms with Crippen molar-refractivity contribution in [1.29, 1.82) is 0 Å². The van der Waals surface area contributed by atoms with Crippen LogP contribution in [0.5, 0.6) is 0 Å². The van der Waals surface area contributed by atoms with Crippen LogP contribution in [0.2, 0.25) is 0 Å². The maximum atomic E-state index is 13.1. The predicted octanol–water partition coefficient (Wildman–Crippen LogP) is 2.61. The van der Waals surface area contributed by atoms with Gasteiger partial charge in [0.05, 0.1) is 11.9 Å². The van der Waals surface area contributed by atoms with Crippen molar-refractivity contribution in [3.63, 3.8) is 0 Å². The summed E-state index contributed by atoms with van der Waals surface area (Å²) >= 11 is 0. The third-order valence-corrected chi connectivity index (χ3v) is 2.04. The second-order valence-corrected chi connectivity index (χ2v) is 3.54. The SMILES string of the molecule is Cc1cc(F)cc(Nc2cnn(C)c2)c1. The largest absolute Gasteiger partial charge is 0.353 e. The van der Waals surface area contributed by atoms with Gasteiger partial charge >= 0.3 is 0 Å². The molecule has 2 aromatic rings. The first-order valence-electron chi connectivity index (χ1n) is 4.66. The molecule has 0 aliphatic rings. The molecule has 0 atom stereocenters. The highest BCUT2D eigenvalue weighted by Crippen LogP contribution is 2.18. The van der Waals surface area contributed by atoms with Crippen molar-refractivity contribution in [1.82, 2.24) is 9.78 Å². The quantitative estimate of drug-likeness (QED) is 0.816. The number of aryl methyl sites for hydroxylation is 2. The Labute approximate surface area is 87.5 Å². The number of rotatable bonds is 2. The molecule has 15 heavy (non-hydrogen) atoms. The van der Waals surface area contributed by atoms with E-state index in [0.29, 0.717) is 0 Å². The first kappa shape index (κ1) is 9.71. The molecular formula is C11H12FN3. The van der Waals surface area contributed by atoms with E-state index in [1.807, 2.05) is 26.2 Å². The molecule has 0 aliphatic carbocycles. The molecule has 2 rings (SSSR count). The Morgan fingerprint density at radius 1 is 1.27 bits per heavy atom. The van der Waals surface area contributed by atoms with E-state index in [9.17, 15) is 4.39 Å². The summed E-state index contributed by atoms with van der Waals surface area (Å²) in [7, 11) is 1.84. The minimum atomic E-state index is -0.235. The van der Waals surface area contributed by atoms with E-state index in [4.69, 9.17) is 0 Å². The molecule has 0 amide bonds. The summed E-state index contributed by atoms with van der Waals surface area (Å²) in [4.78, 5) is 0. The number of halogens is 1. The number of anilines is 2. The van der Waals surface area contributed by atoms with Crippen LogP contribution in [0.3, 0.4) is 0 Å². The lowest BCUT2D eigenvalue weighted by Crippen LogP contribution is -1.91. The Kier molecular flexibility index (Phi) is 2.41. The van der Waals surface area contributed by atoms with Crippen LogP contribution in [-0.2, 0) is 7.05 Å². The van der Waals surface area contributed by atoms with Crippen molar-refractivity contribution in [3.05, 3.63) is 42.0 Å². The van der Waals surface area contributed by atoms with Gasteiger partial charge in [-0.15, -0.1) is 0 Å². The first-order valence-corrected chi connectivity index (χ1v) is 4.66. The number of aromatic nitrogens is 2. The number of nitrogens with one attached hydrogen (secondary N) is 1. The number of hydrogen-bond donors (Lipinski definition) is 1. The summed E-state index contributed by atoms with van der Waals surface area (Å²) in [6.07, 6.45) is 3.53. The van der Waals surface area contributed by atoms with Crippen molar-refractivity contribution < 1.29 is 4.39 Å². The second-order valence-electron chi connectivity index (χ2n) is 3.54. The average molecular weight is 205 g/mol. The zero-order valence-corrected chi connectivity index (χ0v) is 8.66. The third kappa shape index (κ3) is 2.34. The monoisotopic (exact) mass is 205 g/mol. The first-order chi connectivity index (χ1) is 7.13. The van der Waals surface area contributed by atoms with Gasteiger partial charge in [0.2, 0.25) is 0 Å². The van der Waals surface area contributed by atoms with E-state index in [1.165, 1.54) is 12.1 Å². The standard InChI is InChI=1S/C11H12FN3/c1-8-3-9(12)5-10(4-8)14-11-6-13-15(2)7-11/h3-7,14H,1-2H3. The molecule has 0 unspecified atom stereocenters. The molecule has 78 valence electrons. The number of hydrogen-bond acceptors (Lipinski definition) is 2. The molecule has 0 fully saturated rings. The molecule has 1 aromatic carbocycles. The van der Waals surface area contributed by atoms with Gasteiger partial charge in [-0.25, -0.2) is 4.39 Å². The van der Waals surface area contributed by atoms with Crippen LogP contribution in [0.1, 0.15) is 5.56 Å². The molecule has 0 spiro atoms. The molecule has 4 heteroatoms. The maximum absolute atomic E-state index is 13.1. The van der Waals surface area contributed by atoms with Crippen molar-refractivity contribution >= 4 is 11.4 Å². The van der Waals surface area contributed by atoms with E-state index >= 15 is 0 Å². The topological polar surface area (TPSA) is 29.9 Å². The van der Waals surface area contributed by atoms with Gasteiger partial charge in [-0.05, 0) is 30.7 Å². The van der Waals surface area contributed by atoms with Gasteiger partial charge in [-0.2, -0.15) is 5.10 Å².